The Bertz CT molecular complexity index is 386. The molecule has 108 valence electrons. The average molecular weight is 268 g/mol. The highest BCUT2D eigenvalue weighted by Crippen LogP contribution is 2.18. The quantitative estimate of drug-likeness (QED) is 0.826. The first-order valence-corrected chi connectivity index (χ1v) is 6.82. The molecule has 0 saturated carbocycles. The first-order chi connectivity index (χ1) is 8.95. The first-order valence-electron chi connectivity index (χ1n) is 6.82. The van der Waals surface area contributed by atoms with Crippen LogP contribution in [0.3, 0.4) is 0 Å². The summed E-state index contributed by atoms with van der Waals surface area (Å²) in [6.45, 7) is 10.2. The fourth-order valence-corrected chi connectivity index (χ4v) is 2.16. The van der Waals surface area contributed by atoms with E-state index in [1.807, 2.05) is 0 Å². The van der Waals surface area contributed by atoms with Crippen LogP contribution in [0.5, 0.6) is 5.75 Å². The summed E-state index contributed by atoms with van der Waals surface area (Å²) in [5.41, 5.74) is 6.23. The van der Waals surface area contributed by atoms with Crippen LogP contribution < -0.4 is 10.5 Å². The normalized spacial score (nSPS) is 11.6. The maximum Gasteiger partial charge on any atom is 0.165 e. The van der Waals surface area contributed by atoms with Gasteiger partial charge >= 0.3 is 0 Å². The highest BCUT2D eigenvalue weighted by atomic mass is 19.1. The lowest BCUT2D eigenvalue weighted by atomic mass is 10.2. The highest BCUT2D eigenvalue weighted by Gasteiger charge is 2.13. The molecule has 0 saturated heterocycles. The van der Waals surface area contributed by atoms with Gasteiger partial charge < -0.3 is 10.5 Å². The summed E-state index contributed by atoms with van der Waals surface area (Å²) in [4.78, 5) is 2.31. The number of benzene rings is 1. The third kappa shape index (κ3) is 4.80. The van der Waals surface area contributed by atoms with E-state index >= 15 is 0 Å². The van der Waals surface area contributed by atoms with E-state index in [1.165, 1.54) is 6.07 Å². The monoisotopic (exact) mass is 268 g/mol. The SMILES string of the molecule is CC(C)N(CCOc1ccc(CN)cc1F)C(C)C. The van der Waals surface area contributed by atoms with Crippen molar-refractivity contribution in [1.82, 2.24) is 4.90 Å². The zero-order valence-electron chi connectivity index (χ0n) is 12.3. The van der Waals surface area contributed by atoms with Crippen LogP contribution in [0.4, 0.5) is 4.39 Å². The standard InChI is InChI=1S/C15H25FN2O/c1-11(2)18(12(3)4)7-8-19-15-6-5-13(10-17)9-14(15)16/h5-6,9,11-12H,7-8,10,17H2,1-4H3. The number of halogens is 1. The van der Waals surface area contributed by atoms with Gasteiger partial charge in [-0.3, -0.25) is 4.90 Å². The Balaban J connectivity index is 2.53. The Morgan fingerprint density at radius 2 is 1.84 bits per heavy atom. The second-order valence-electron chi connectivity index (χ2n) is 5.24. The molecule has 0 radical (unpaired) electrons. The molecule has 2 N–H and O–H groups in total. The molecule has 1 aromatic rings. The molecule has 0 spiro atoms. The second kappa shape index (κ2) is 7.46. The van der Waals surface area contributed by atoms with Crippen LogP contribution in [0.2, 0.25) is 0 Å². The molecule has 1 aromatic carbocycles. The summed E-state index contributed by atoms with van der Waals surface area (Å²) in [6, 6.07) is 5.77. The fraction of sp³-hybridized carbons (Fsp3) is 0.600. The van der Waals surface area contributed by atoms with Crippen molar-refractivity contribution in [1.29, 1.82) is 0 Å². The van der Waals surface area contributed by atoms with Gasteiger partial charge in [0.25, 0.3) is 0 Å². The number of ether oxygens (including phenoxy) is 1. The van der Waals surface area contributed by atoms with E-state index in [0.29, 0.717) is 31.0 Å². The molecule has 0 aliphatic carbocycles. The molecule has 1 rings (SSSR count). The Morgan fingerprint density at radius 3 is 2.32 bits per heavy atom. The van der Waals surface area contributed by atoms with Crippen LogP contribution in [0.15, 0.2) is 18.2 Å². The van der Waals surface area contributed by atoms with E-state index in [9.17, 15) is 4.39 Å². The van der Waals surface area contributed by atoms with Crippen LogP contribution in [-0.4, -0.2) is 30.1 Å². The smallest absolute Gasteiger partial charge is 0.165 e. The molecular weight excluding hydrogens is 243 g/mol. The molecule has 0 aliphatic heterocycles. The minimum Gasteiger partial charge on any atom is -0.489 e. The summed E-state index contributed by atoms with van der Waals surface area (Å²) in [5.74, 6) is -0.0479. The van der Waals surface area contributed by atoms with Gasteiger partial charge in [0.1, 0.15) is 6.61 Å². The molecule has 0 heterocycles. The molecule has 4 heteroatoms. The summed E-state index contributed by atoms with van der Waals surface area (Å²) in [7, 11) is 0. The van der Waals surface area contributed by atoms with Crippen molar-refractivity contribution >= 4 is 0 Å². The van der Waals surface area contributed by atoms with Crippen molar-refractivity contribution in [3.05, 3.63) is 29.6 Å². The maximum absolute atomic E-state index is 13.7. The molecule has 3 nitrogen and oxygen atoms in total. The first kappa shape index (κ1) is 15.9. The number of hydrogen-bond donors (Lipinski definition) is 1. The van der Waals surface area contributed by atoms with Crippen molar-refractivity contribution in [2.45, 2.75) is 46.3 Å². The zero-order valence-corrected chi connectivity index (χ0v) is 12.3. The van der Waals surface area contributed by atoms with E-state index in [0.717, 1.165) is 12.1 Å². The van der Waals surface area contributed by atoms with Gasteiger partial charge in [0.2, 0.25) is 0 Å². The van der Waals surface area contributed by atoms with Gasteiger partial charge in [-0.25, -0.2) is 4.39 Å². The number of nitrogens with two attached hydrogens (primary N) is 1. The summed E-state index contributed by atoms with van der Waals surface area (Å²) >= 11 is 0. The molecule has 0 atom stereocenters. The van der Waals surface area contributed by atoms with Crippen LogP contribution >= 0.6 is 0 Å². The second-order valence-corrected chi connectivity index (χ2v) is 5.24. The van der Waals surface area contributed by atoms with Gasteiger partial charge in [-0.1, -0.05) is 6.07 Å². The summed E-state index contributed by atoms with van der Waals surface area (Å²) in [6.07, 6.45) is 0. The van der Waals surface area contributed by atoms with Crippen molar-refractivity contribution in [2.75, 3.05) is 13.2 Å². The lowest BCUT2D eigenvalue weighted by Crippen LogP contribution is -2.39. The topological polar surface area (TPSA) is 38.5 Å². The fourth-order valence-electron chi connectivity index (χ4n) is 2.16. The van der Waals surface area contributed by atoms with Gasteiger partial charge in [-0.2, -0.15) is 0 Å². The molecule has 0 fully saturated rings. The van der Waals surface area contributed by atoms with Crippen LogP contribution in [0.1, 0.15) is 33.3 Å². The summed E-state index contributed by atoms with van der Waals surface area (Å²) in [5, 5.41) is 0. The maximum atomic E-state index is 13.7. The zero-order chi connectivity index (χ0) is 14.4. The molecule has 0 aromatic heterocycles. The van der Waals surface area contributed by atoms with Crippen molar-refractivity contribution in [2.24, 2.45) is 5.73 Å². The van der Waals surface area contributed by atoms with E-state index in [2.05, 4.69) is 32.6 Å². The van der Waals surface area contributed by atoms with Gasteiger partial charge in [0.05, 0.1) is 0 Å². The minimum atomic E-state index is -0.344. The Kier molecular flexibility index (Phi) is 6.25. The van der Waals surface area contributed by atoms with Crippen molar-refractivity contribution in [3.63, 3.8) is 0 Å². The van der Waals surface area contributed by atoms with Crippen molar-refractivity contribution < 1.29 is 9.13 Å². The molecule has 0 aliphatic rings. The van der Waals surface area contributed by atoms with Crippen LogP contribution in [0.25, 0.3) is 0 Å². The summed E-state index contributed by atoms with van der Waals surface area (Å²) < 4.78 is 19.2. The molecule has 19 heavy (non-hydrogen) atoms. The average Bonchev–Trinajstić information content (AvgIpc) is 2.35. The Hall–Kier alpha value is -1.13. The predicted molar refractivity (Wildman–Crippen MR) is 76.8 cm³/mol. The minimum absolute atomic E-state index is 0.296. The third-order valence-corrected chi connectivity index (χ3v) is 3.17. The van der Waals surface area contributed by atoms with Gasteiger partial charge in [-0.05, 0) is 45.4 Å². The Labute approximate surface area is 115 Å². The Morgan fingerprint density at radius 1 is 1.21 bits per heavy atom. The van der Waals surface area contributed by atoms with Crippen molar-refractivity contribution in [3.8, 4) is 5.75 Å². The van der Waals surface area contributed by atoms with Crippen LogP contribution in [-0.2, 0) is 6.54 Å². The van der Waals surface area contributed by atoms with E-state index in [-0.39, 0.29) is 5.82 Å². The van der Waals surface area contributed by atoms with E-state index in [1.54, 1.807) is 12.1 Å². The molecular formula is C15H25FN2O. The van der Waals surface area contributed by atoms with Gasteiger partial charge in [0, 0.05) is 25.2 Å². The third-order valence-electron chi connectivity index (χ3n) is 3.17. The van der Waals surface area contributed by atoms with E-state index in [4.69, 9.17) is 10.5 Å². The lowest BCUT2D eigenvalue weighted by molar-refractivity contribution is 0.140. The molecule has 0 amide bonds. The molecule has 0 unspecified atom stereocenters. The molecule has 0 bridgehead atoms. The number of nitrogens with zero attached hydrogens (tertiary/aromatic N) is 1. The predicted octanol–water partition coefficient (Wildman–Crippen LogP) is 2.78. The highest BCUT2D eigenvalue weighted by molar-refractivity contribution is 5.29. The number of rotatable bonds is 7. The lowest BCUT2D eigenvalue weighted by Gasteiger charge is -2.30. The van der Waals surface area contributed by atoms with Crippen LogP contribution in [0, 0.1) is 5.82 Å². The number of hydrogen-bond acceptors (Lipinski definition) is 3. The van der Waals surface area contributed by atoms with Gasteiger partial charge in [0.15, 0.2) is 11.6 Å². The van der Waals surface area contributed by atoms with E-state index < -0.39 is 0 Å². The largest absolute Gasteiger partial charge is 0.489 e. The van der Waals surface area contributed by atoms with Gasteiger partial charge in [-0.15, -0.1) is 0 Å².